The van der Waals surface area contributed by atoms with Crippen molar-refractivity contribution in [3.05, 3.63) is 48.0 Å². The standard InChI is InChI=1S/C19H24O8/c1-13(20)25-12-17(27-19(22)15-8-6-5-7-9-15)16(26-14(2)21)10-11-18(23-3)24-4/h5-11,16-18H,12H2,1-4H3/b11-10+/t16-,17+/m0/s1. The molecule has 1 aromatic rings. The quantitative estimate of drug-likeness (QED) is 0.263. The lowest BCUT2D eigenvalue weighted by Gasteiger charge is -2.24. The van der Waals surface area contributed by atoms with Gasteiger partial charge in [-0.15, -0.1) is 0 Å². The Hall–Kier alpha value is -2.71. The van der Waals surface area contributed by atoms with Crippen LogP contribution in [0, 0.1) is 0 Å². The molecule has 0 saturated heterocycles. The van der Waals surface area contributed by atoms with Crippen LogP contribution in [0.25, 0.3) is 0 Å². The van der Waals surface area contributed by atoms with E-state index < -0.39 is 36.4 Å². The molecule has 0 bridgehead atoms. The van der Waals surface area contributed by atoms with Crippen molar-refractivity contribution in [2.45, 2.75) is 32.3 Å². The average Bonchev–Trinajstić information content (AvgIpc) is 2.65. The molecule has 0 amide bonds. The molecule has 8 heteroatoms. The van der Waals surface area contributed by atoms with Gasteiger partial charge in [-0.05, 0) is 24.3 Å². The van der Waals surface area contributed by atoms with Gasteiger partial charge in [-0.1, -0.05) is 18.2 Å². The highest BCUT2D eigenvalue weighted by molar-refractivity contribution is 5.89. The van der Waals surface area contributed by atoms with Crippen molar-refractivity contribution in [2.24, 2.45) is 0 Å². The lowest BCUT2D eigenvalue weighted by molar-refractivity contribution is -0.155. The van der Waals surface area contributed by atoms with E-state index >= 15 is 0 Å². The van der Waals surface area contributed by atoms with Crippen molar-refractivity contribution in [2.75, 3.05) is 20.8 Å². The molecule has 0 radical (unpaired) electrons. The number of rotatable bonds is 10. The SMILES string of the molecule is COC(/C=C/[C@H](OC(C)=O)[C@@H](COC(C)=O)OC(=O)c1ccccc1)OC. The Morgan fingerprint density at radius 2 is 1.56 bits per heavy atom. The molecule has 0 aliphatic carbocycles. The third-order valence-corrected chi connectivity index (χ3v) is 3.31. The van der Waals surface area contributed by atoms with Crippen molar-refractivity contribution in [1.82, 2.24) is 0 Å². The molecule has 148 valence electrons. The van der Waals surface area contributed by atoms with E-state index in [1.165, 1.54) is 40.2 Å². The number of carbonyl (C=O) groups excluding carboxylic acids is 3. The van der Waals surface area contributed by atoms with Gasteiger partial charge in [-0.3, -0.25) is 9.59 Å². The van der Waals surface area contributed by atoms with Gasteiger partial charge in [-0.25, -0.2) is 4.79 Å². The highest BCUT2D eigenvalue weighted by Crippen LogP contribution is 2.13. The fourth-order valence-electron chi connectivity index (χ4n) is 2.06. The van der Waals surface area contributed by atoms with Crippen molar-refractivity contribution in [3.8, 4) is 0 Å². The lowest BCUT2D eigenvalue weighted by Crippen LogP contribution is -2.38. The van der Waals surface area contributed by atoms with Crippen molar-refractivity contribution in [3.63, 3.8) is 0 Å². The fourth-order valence-corrected chi connectivity index (χ4v) is 2.06. The smallest absolute Gasteiger partial charge is 0.338 e. The molecular weight excluding hydrogens is 356 g/mol. The maximum absolute atomic E-state index is 12.4. The summed E-state index contributed by atoms with van der Waals surface area (Å²) in [5.41, 5.74) is 0.308. The summed E-state index contributed by atoms with van der Waals surface area (Å²) in [6.07, 6.45) is 0.177. The molecule has 0 N–H and O–H groups in total. The van der Waals surface area contributed by atoms with E-state index in [9.17, 15) is 14.4 Å². The van der Waals surface area contributed by atoms with Gasteiger partial charge in [0, 0.05) is 28.1 Å². The first-order chi connectivity index (χ1) is 12.9. The topological polar surface area (TPSA) is 97.4 Å². The molecule has 0 spiro atoms. The number of carbonyl (C=O) groups is 3. The third-order valence-electron chi connectivity index (χ3n) is 3.31. The lowest BCUT2D eigenvalue weighted by atomic mass is 10.1. The molecule has 1 rings (SSSR count). The highest BCUT2D eigenvalue weighted by Gasteiger charge is 2.28. The van der Waals surface area contributed by atoms with Crippen LogP contribution in [0.3, 0.4) is 0 Å². The van der Waals surface area contributed by atoms with Crippen LogP contribution in [0.1, 0.15) is 24.2 Å². The maximum Gasteiger partial charge on any atom is 0.338 e. The number of benzene rings is 1. The van der Waals surface area contributed by atoms with Crippen LogP contribution in [-0.2, 0) is 33.3 Å². The van der Waals surface area contributed by atoms with Crippen LogP contribution in [0.15, 0.2) is 42.5 Å². The van der Waals surface area contributed by atoms with E-state index in [1.54, 1.807) is 30.3 Å². The van der Waals surface area contributed by atoms with Crippen LogP contribution in [0.5, 0.6) is 0 Å². The van der Waals surface area contributed by atoms with Gasteiger partial charge in [0.05, 0.1) is 5.56 Å². The van der Waals surface area contributed by atoms with E-state index in [2.05, 4.69) is 0 Å². The molecule has 0 unspecified atom stereocenters. The first-order valence-electron chi connectivity index (χ1n) is 8.17. The number of esters is 3. The molecule has 0 heterocycles. The van der Waals surface area contributed by atoms with Gasteiger partial charge >= 0.3 is 17.9 Å². The Morgan fingerprint density at radius 3 is 2.07 bits per heavy atom. The van der Waals surface area contributed by atoms with E-state index in [1.807, 2.05) is 0 Å². The Kier molecular flexibility index (Phi) is 9.78. The Labute approximate surface area is 158 Å². The predicted octanol–water partition coefficient (Wildman–Crippen LogP) is 1.88. The molecule has 27 heavy (non-hydrogen) atoms. The van der Waals surface area contributed by atoms with E-state index in [-0.39, 0.29) is 6.61 Å². The van der Waals surface area contributed by atoms with Gasteiger partial charge in [0.25, 0.3) is 0 Å². The summed E-state index contributed by atoms with van der Waals surface area (Å²) in [6.45, 7) is 2.15. The minimum atomic E-state index is -1.06. The summed E-state index contributed by atoms with van der Waals surface area (Å²) in [5.74, 6) is -1.80. The molecule has 8 nitrogen and oxygen atoms in total. The zero-order valence-electron chi connectivity index (χ0n) is 15.7. The van der Waals surface area contributed by atoms with Crippen molar-refractivity contribution in [1.29, 1.82) is 0 Å². The minimum absolute atomic E-state index is 0.291. The fraction of sp³-hybridized carbons (Fsp3) is 0.421. The van der Waals surface area contributed by atoms with Crippen molar-refractivity contribution < 1.29 is 38.1 Å². The summed E-state index contributed by atoms with van der Waals surface area (Å²) in [5, 5.41) is 0. The van der Waals surface area contributed by atoms with Gasteiger partial charge in [0.15, 0.2) is 18.5 Å². The predicted molar refractivity (Wildman–Crippen MR) is 94.8 cm³/mol. The third kappa shape index (κ3) is 8.48. The molecule has 0 saturated carbocycles. The summed E-state index contributed by atoms with van der Waals surface area (Å²) < 4.78 is 25.7. The zero-order chi connectivity index (χ0) is 20.2. The second-order valence-electron chi connectivity index (χ2n) is 5.41. The zero-order valence-corrected chi connectivity index (χ0v) is 15.7. The highest BCUT2D eigenvalue weighted by atomic mass is 16.7. The second kappa shape index (κ2) is 11.8. The summed E-state index contributed by atoms with van der Waals surface area (Å²) >= 11 is 0. The van der Waals surface area contributed by atoms with Gasteiger partial charge in [0.2, 0.25) is 0 Å². The summed E-state index contributed by atoms with van der Waals surface area (Å²) in [7, 11) is 2.87. The van der Waals surface area contributed by atoms with Crippen LogP contribution in [0.2, 0.25) is 0 Å². The molecule has 0 aliphatic rings. The van der Waals surface area contributed by atoms with E-state index in [4.69, 9.17) is 23.7 Å². The minimum Gasteiger partial charge on any atom is -0.462 e. The van der Waals surface area contributed by atoms with Gasteiger partial charge in [0.1, 0.15) is 6.61 Å². The van der Waals surface area contributed by atoms with Crippen molar-refractivity contribution >= 4 is 17.9 Å². The molecule has 0 aromatic heterocycles. The number of hydrogen-bond acceptors (Lipinski definition) is 8. The molecule has 2 atom stereocenters. The second-order valence-corrected chi connectivity index (χ2v) is 5.41. The Balaban J connectivity index is 3.03. The van der Waals surface area contributed by atoms with E-state index in [0.29, 0.717) is 5.56 Å². The maximum atomic E-state index is 12.4. The normalized spacial score (nSPS) is 13.2. The van der Waals surface area contributed by atoms with Crippen LogP contribution in [-0.4, -0.2) is 57.2 Å². The molecular formula is C19H24O8. The summed E-state index contributed by atoms with van der Waals surface area (Å²) in [4.78, 5) is 35.0. The number of methoxy groups -OCH3 is 2. The molecule has 0 fully saturated rings. The van der Waals surface area contributed by atoms with Gasteiger partial charge < -0.3 is 23.7 Å². The summed E-state index contributed by atoms with van der Waals surface area (Å²) in [6, 6.07) is 8.28. The van der Waals surface area contributed by atoms with E-state index in [0.717, 1.165) is 0 Å². The first-order valence-corrected chi connectivity index (χ1v) is 8.17. The number of ether oxygens (including phenoxy) is 5. The number of hydrogen-bond donors (Lipinski definition) is 0. The van der Waals surface area contributed by atoms with Crippen LogP contribution < -0.4 is 0 Å². The molecule has 0 aliphatic heterocycles. The average molecular weight is 380 g/mol. The molecule has 1 aromatic carbocycles. The largest absolute Gasteiger partial charge is 0.462 e. The van der Waals surface area contributed by atoms with Gasteiger partial charge in [-0.2, -0.15) is 0 Å². The Morgan fingerprint density at radius 1 is 0.926 bits per heavy atom. The van der Waals surface area contributed by atoms with Crippen LogP contribution >= 0.6 is 0 Å². The Bertz CT molecular complexity index is 636. The van der Waals surface area contributed by atoms with Crippen LogP contribution in [0.4, 0.5) is 0 Å². The monoisotopic (exact) mass is 380 g/mol. The first kappa shape index (κ1) is 22.3.